The van der Waals surface area contributed by atoms with Gasteiger partial charge in [0.05, 0.1) is 0 Å². The first-order valence-electron chi connectivity index (χ1n) is 7.02. The lowest BCUT2D eigenvalue weighted by Gasteiger charge is -2.39. The summed E-state index contributed by atoms with van der Waals surface area (Å²) in [7, 11) is 0. The van der Waals surface area contributed by atoms with Crippen LogP contribution in [-0.2, 0) is 9.59 Å². The van der Waals surface area contributed by atoms with Crippen LogP contribution in [0.5, 0.6) is 0 Å². The minimum Gasteiger partial charge on any atom is -0.377 e. The lowest BCUT2D eigenvalue weighted by atomic mass is 9.73. The second-order valence-electron chi connectivity index (χ2n) is 6.31. The van der Waals surface area contributed by atoms with Crippen LogP contribution < -0.4 is 11.5 Å². The van der Waals surface area contributed by atoms with Gasteiger partial charge in [0, 0.05) is 0 Å². The lowest BCUT2D eigenvalue weighted by molar-refractivity contribution is -0.186. The second kappa shape index (κ2) is 7.04. The molecule has 0 heterocycles. The Morgan fingerprint density at radius 3 is 1.25 bits per heavy atom. The number of carbonyl (C=O) groups excluding carboxylic acids is 2. The van der Waals surface area contributed by atoms with E-state index in [9.17, 15) is 19.8 Å². The summed E-state index contributed by atoms with van der Waals surface area (Å²) in [4.78, 5) is 23.3. The Hall–Kier alpha value is -1.14. The van der Waals surface area contributed by atoms with Crippen molar-refractivity contribution in [3.63, 3.8) is 0 Å². The predicted octanol–water partition coefficient (Wildman–Crippen LogP) is 0.292. The van der Waals surface area contributed by atoms with Crippen LogP contribution in [0.4, 0.5) is 0 Å². The summed E-state index contributed by atoms with van der Waals surface area (Å²) < 4.78 is 0. The summed E-state index contributed by atoms with van der Waals surface area (Å²) in [5, 5.41) is 21.0. The Bertz CT molecular complexity index is 323. The van der Waals surface area contributed by atoms with E-state index in [0.717, 1.165) is 0 Å². The molecule has 0 rings (SSSR count). The summed E-state index contributed by atoms with van der Waals surface area (Å²) in [6.07, 6.45) is 0.683. The Kier molecular flexibility index (Phi) is 6.64. The largest absolute Gasteiger partial charge is 0.377 e. The molecule has 0 saturated heterocycles. The van der Waals surface area contributed by atoms with Crippen molar-refractivity contribution >= 4 is 11.8 Å². The molecule has 2 atom stereocenters. The van der Waals surface area contributed by atoms with Crippen molar-refractivity contribution in [1.82, 2.24) is 0 Å². The van der Waals surface area contributed by atoms with Crippen molar-refractivity contribution in [2.24, 2.45) is 23.3 Å². The van der Waals surface area contributed by atoms with Gasteiger partial charge in [0.25, 0.3) is 11.8 Å². The van der Waals surface area contributed by atoms with Gasteiger partial charge in [-0.2, -0.15) is 0 Å². The third kappa shape index (κ3) is 4.18. The van der Waals surface area contributed by atoms with Gasteiger partial charge < -0.3 is 21.7 Å². The summed E-state index contributed by atoms with van der Waals surface area (Å²) in [6.45, 7) is 7.61. The van der Waals surface area contributed by atoms with E-state index in [1.807, 2.05) is 27.7 Å². The van der Waals surface area contributed by atoms with Gasteiger partial charge in [-0.05, 0) is 37.5 Å². The predicted molar refractivity (Wildman–Crippen MR) is 76.4 cm³/mol. The number of hydrogen-bond donors (Lipinski definition) is 4. The molecule has 0 aromatic rings. The zero-order chi connectivity index (χ0) is 16.1. The molecule has 0 aromatic carbocycles. The first-order valence-corrected chi connectivity index (χ1v) is 7.02. The lowest BCUT2D eigenvalue weighted by Crippen LogP contribution is -2.67. The molecule has 0 aliphatic heterocycles. The number of aliphatic hydroxyl groups is 2. The van der Waals surface area contributed by atoms with Crippen LogP contribution in [-0.4, -0.2) is 33.2 Å². The minimum atomic E-state index is -2.34. The fraction of sp³-hybridized carbons (Fsp3) is 0.857. The molecule has 2 amide bonds. The van der Waals surface area contributed by atoms with Crippen molar-refractivity contribution in [3.05, 3.63) is 0 Å². The Labute approximate surface area is 120 Å². The van der Waals surface area contributed by atoms with Crippen LogP contribution in [0.2, 0.25) is 0 Å². The fourth-order valence-corrected chi connectivity index (χ4v) is 2.06. The van der Waals surface area contributed by atoms with Gasteiger partial charge in [-0.1, -0.05) is 27.7 Å². The highest BCUT2D eigenvalue weighted by Gasteiger charge is 2.57. The van der Waals surface area contributed by atoms with Gasteiger partial charge in [0.15, 0.2) is 11.2 Å². The van der Waals surface area contributed by atoms with E-state index >= 15 is 0 Å². The fourth-order valence-electron chi connectivity index (χ4n) is 2.06. The molecule has 20 heavy (non-hydrogen) atoms. The molecule has 0 saturated carbocycles. The molecular weight excluding hydrogens is 260 g/mol. The van der Waals surface area contributed by atoms with Gasteiger partial charge >= 0.3 is 0 Å². The number of hydrogen-bond acceptors (Lipinski definition) is 4. The molecule has 0 unspecified atom stereocenters. The maximum absolute atomic E-state index is 11.6. The van der Waals surface area contributed by atoms with Crippen molar-refractivity contribution in [3.8, 4) is 0 Å². The van der Waals surface area contributed by atoms with Crippen molar-refractivity contribution in [2.75, 3.05) is 0 Å². The Morgan fingerprint density at radius 1 is 0.850 bits per heavy atom. The standard InChI is InChI=1S/C14H28N2O4/c1-9(2)5-7-13(19,11(15)17)14(20,12(16)18)8-6-10(3)4/h9-10,19-20H,5-8H2,1-4H3,(H2,15,17)(H2,16,18)/t13-,14-/m0/s1. The molecular formula is C14H28N2O4. The minimum absolute atomic E-state index is 0.0997. The normalized spacial score (nSPS) is 17.8. The van der Waals surface area contributed by atoms with E-state index in [2.05, 4.69) is 0 Å². The molecule has 0 aromatic heterocycles. The molecule has 0 spiro atoms. The number of rotatable bonds is 9. The van der Waals surface area contributed by atoms with Crippen LogP contribution >= 0.6 is 0 Å². The number of primary amides is 2. The highest BCUT2D eigenvalue weighted by atomic mass is 16.4. The van der Waals surface area contributed by atoms with Crippen LogP contribution in [0, 0.1) is 11.8 Å². The molecule has 0 fully saturated rings. The molecule has 0 radical (unpaired) electrons. The van der Waals surface area contributed by atoms with Gasteiger partial charge in [0.1, 0.15) is 0 Å². The van der Waals surface area contributed by atoms with Crippen LogP contribution in [0.1, 0.15) is 53.4 Å². The zero-order valence-corrected chi connectivity index (χ0v) is 12.8. The average molecular weight is 288 g/mol. The topological polar surface area (TPSA) is 127 Å². The van der Waals surface area contributed by atoms with Gasteiger partial charge in [0.2, 0.25) is 0 Å². The van der Waals surface area contributed by atoms with Gasteiger partial charge in [-0.15, -0.1) is 0 Å². The Balaban J connectivity index is 5.43. The number of nitrogens with two attached hydrogens (primary N) is 2. The smallest absolute Gasteiger partial charge is 0.253 e. The van der Waals surface area contributed by atoms with E-state index in [1.165, 1.54) is 0 Å². The van der Waals surface area contributed by atoms with E-state index in [-0.39, 0.29) is 24.7 Å². The van der Waals surface area contributed by atoms with Crippen LogP contribution in [0.3, 0.4) is 0 Å². The van der Waals surface area contributed by atoms with Crippen molar-refractivity contribution in [2.45, 2.75) is 64.6 Å². The number of carbonyl (C=O) groups is 2. The van der Waals surface area contributed by atoms with Gasteiger partial charge in [-0.3, -0.25) is 9.59 Å². The second-order valence-corrected chi connectivity index (χ2v) is 6.31. The summed E-state index contributed by atoms with van der Waals surface area (Å²) in [5.41, 5.74) is 5.79. The zero-order valence-electron chi connectivity index (χ0n) is 12.8. The first-order chi connectivity index (χ1) is 8.97. The van der Waals surface area contributed by atoms with Crippen molar-refractivity contribution in [1.29, 1.82) is 0 Å². The molecule has 6 nitrogen and oxygen atoms in total. The van der Waals surface area contributed by atoms with E-state index in [0.29, 0.717) is 12.8 Å². The third-order valence-corrected chi connectivity index (χ3v) is 3.67. The van der Waals surface area contributed by atoms with Gasteiger partial charge in [-0.25, -0.2) is 0 Å². The Morgan fingerprint density at radius 2 is 1.10 bits per heavy atom. The molecule has 0 bridgehead atoms. The number of amides is 2. The highest BCUT2D eigenvalue weighted by Crippen LogP contribution is 2.33. The van der Waals surface area contributed by atoms with E-state index < -0.39 is 23.0 Å². The molecule has 0 aliphatic rings. The highest BCUT2D eigenvalue weighted by molar-refractivity contribution is 5.95. The summed E-state index contributed by atoms with van der Waals surface area (Å²) in [6, 6.07) is 0. The molecule has 118 valence electrons. The monoisotopic (exact) mass is 288 g/mol. The summed E-state index contributed by atoms with van der Waals surface area (Å²) >= 11 is 0. The van der Waals surface area contributed by atoms with Crippen molar-refractivity contribution < 1.29 is 19.8 Å². The molecule has 6 heteroatoms. The third-order valence-electron chi connectivity index (χ3n) is 3.67. The maximum Gasteiger partial charge on any atom is 0.253 e. The first kappa shape index (κ1) is 18.9. The maximum atomic E-state index is 11.6. The van der Waals surface area contributed by atoms with Crippen LogP contribution in [0.15, 0.2) is 0 Å². The van der Waals surface area contributed by atoms with Crippen LogP contribution in [0.25, 0.3) is 0 Å². The molecule has 0 aliphatic carbocycles. The van der Waals surface area contributed by atoms with E-state index in [4.69, 9.17) is 11.5 Å². The molecule has 6 N–H and O–H groups in total. The summed E-state index contributed by atoms with van der Waals surface area (Å²) in [5.74, 6) is -1.88. The quantitative estimate of drug-likeness (QED) is 0.486. The average Bonchev–Trinajstić information content (AvgIpc) is 2.31. The SMILES string of the molecule is CC(C)CC[C@](O)(C(N)=O)[C@](O)(CCC(C)C)C(N)=O. The van der Waals surface area contributed by atoms with E-state index in [1.54, 1.807) is 0 Å².